The maximum atomic E-state index is 12.1. The van der Waals surface area contributed by atoms with Gasteiger partial charge in [0, 0.05) is 0 Å². The second kappa shape index (κ2) is 3.96. The van der Waals surface area contributed by atoms with E-state index in [1.54, 1.807) is 0 Å². The van der Waals surface area contributed by atoms with Crippen LogP contribution >= 0.6 is 0 Å². The van der Waals surface area contributed by atoms with Crippen LogP contribution in [0.3, 0.4) is 0 Å². The Labute approximate surface area is 94.5 Å². The molecule has 0 aliphatic rings. The standard InChI is InChI=1S/C7H5F3O5S2/c8-7(9,10)16(11,12)5-1-3-6(4-2-5)17(13,14)15/h1-4H,(H,13,14,15). The first-order valence-corrected chi connectivity index (χ1v) is 6.77. The van der Waals surface area contributed by atoms with Crippen LogP contribution in [0, 0.1) is 0 Å². The van der Waals surface area contributed by atoms with E-state index < -0.39 is 35.3 Å². The minimum Gasteiger partial charge on any atom is -0.282 e. The first-order chi connectivity index (χ1) is 7.46. The first kappa shape index (κ1) is 13.9. The van der Waals surface area contributed by atoms with Crippen molar-refractivity contribution in [3.05, 3.63) is 24.3 Å². The zero-order chi connectivity index (χ0) is 13.5. The Balaban J connectivity index is 3.31. The molecule has 0 spiro atoms. The van der Waals surface area contributed by atoms with Crippen LogP contribution in [-0.2, 0) is 20.0 Å². The molecular formula is C7H5F3O5S2. The lowest BCUT2D eigenvalue weighted by molar-refractivity contribution is -0.0436. The topological polar surface area (TPSA) is 88.5 Å². The zero-order valence-electron chi connectivity index (χ0n) is 7.84. The molecule has 10 heteroatoms. The van der Waals surface area contributed by atoms with Crippen LogP contribution < -0.4 is 0 Å². The molecular weight excluding hydrogens is 285 g/mol. The molecule has 0 aromatic heterocycles. The Kier molecular flexibility index (Phi) is 3.25. The van der Waals surface area contributed by atoms with Crippen LogP contribution in [0.15, 0.2) is 34.1 Å². The van der Waals surface area contributed by atoms with Crippen LogP contribution in [0.25, 0.3) is 0 Å². The van der Waals surface area contributed by atoms with E-state index in [0.29, 0.717) is 24.3 Å². The van der Waals surface area contributed by atoms with Crippen molar-refractivity contribution in [3.8, 4) is 0 Å². The third-order valence-electron chi connectivity index (χ3n) is 1.74. The quantitative estimate of drug-likeness (QED) is 0.827. The molecule has 1 N–H and O–H groups in total. The number of rotatable bonds is 2. The summed E-state index contributed by atoms with van der Waals surface area (Å²) in [7, 11) is -10.1. The van der Waals surface area contributed by atoms with Crippen molar-refractivity contribution in [1.82, 2.24) is 0 Å². The Bertz CT molecular complexity index is 612. The molecule has 0 saturated heterocycles. The third-order valence-corrected chi connectivity index (χ3v) is 4.11. The smallest absolute Gasteiger partial charge is 0.282 e. The van der Waals surface area contributed by atoms with E-state index in [0.717, 1.165) is 0 Å². The summed E-state index contributed by atoms with van der Waals surface area (Å²) < 4.78 is 87.7. The van der Waals surface area contributed by atoms with Gasteiger partial charge in [-0.05, 0) is 24.3 Å². The molecule has 17 heavy (non-hydrogen) atoms. The van der Waals surface area contributed by atoms with E-state index in [4.69, 9.17) is 4.55 Å². The average Bonchev–Trinajstić information content (AvgIpc) is 2.15. The van der Waals surface area contributed by atoms with Gasteiger partial charge in [-0.3, -0.25) is 4.55 Å². The van der Waals surface area contributed by atoms with Gasteiger partial charge in [0.1, 0.15) is 0 Å². The first-order valence-electron chi connectivity index (χ1n) is 3.85. The molecule has 0 saturated carbocycles. The van der Waals surface area contributed by atoms with Gasteiger partial charge in [-0.1, -0.05) is 0 Å². The molecule has 1 aromatic rings. The molecule has 5 nitrogen and oxygen atoms in total. The Morgan fingerprint density at radius 3 is 1.53 bits per heavy atom. The van der Waals surface area contributed by atoms with Gasteiger partial charge in [-0.2, -0.15) is 21.6 Å². The summed E-state index contributed by atoms with van der Waals surface area (Å²) in [5.41, 5.74) is -5.47. The van der Waals surface area contributed by atoms with E-state index in [1.165, 1.54) is 0 Å². The van der Waals surface area contributed by atoms with Gasteiger partial charge in [-0.25, -0.2) is 8.42 Å². The van der Waals surface area contributed by atoms with Gasteiger partial charge in [0.05, 0.1) is 9.79 Å². The van der Waals surface area contributed by atoms with Gasteiger partial charge in [0.25, 0.3) is 20.0 Å². The Morgan fingerprint density at radius 2 is 1.24 bits per heavy atom. The van der Waals surface area contributed by atoms with Gasteiger partial charge in [0.2, 0.25) is 0 Å². The third kappa shape index (κ3) is 2.76. The van der Waals surface area contributed by atoms with Crippen molar-refractivity contribution in [1.29, 1.82) is 0 Å². The SMILES string of the molecule is O=S(=O)(O)c1ccc(S(=O)(=O)C(F)(F)F)cc1. The number of benzene rings is 1. The van der Waals surface area contributed by atoms with Gasteiger partial charge in [-0.15, -0.1) is 0 Å². The summed E-state index contributed by atoms with van der Waals surface area (Å²) in [6.07, 6.45) is 0. The van der Waals surface area contributed by atoms with E-state index in [1.807, 2.05) is 0 Å². The molecule has 0 aliphatic carbocycles. The normalized spacial score (nSPS) is 13.6. The van der Waals surface area contributed by atoms with Crippen molar-refractivity contribution >= 4 is 20.0 Å². The summed E-state index contributed by atoms with van der Waals surface area (Å²) in [6, 6.07) is 2.03. The molecule has 0 heterocycles. The summed E-state index contributed by atoms with van der Waals surface area (Å²) in [5, 5.41) is 0. The molecule has 0 unspecified atom stereocenters. The van der Waals surface area contributed by atoms with Crippen LogP contribution in [-0.4, -0.2) is 26.9 Å². The number of sulfone groups is 1. The molecule has 0 amide bonds. The highest BCUT2D eigenvalue weighted by Gasteiger charge is 2.46. The van der Waals surface area contributed by atoms with E-state index in [-0.39, 0.29) is 0 Å². The van der Waals surface area contributed by atoms with Crippen LogP contribution in [0.5, 0.6) is 0 Å². The number of hydrogen-bond acceptors (Lipinski definition) is 4. The molecule has 0 fully saturated rings. The lowest BCUT2D eigenvalue weighted by atomic mass is 10.4. The molecule has 1 rings (SSSR count). The summed E-state index contributed by atoms with van der Waals surface area (Å²) in [4.78, 5) is -1.80. The molecule has 0 bridgehead atoms. The van der Waals surface area contributed by atoms with E-state index in [9.17, 15) is 30.0 Å². The largest absolute Gasteiger partial charge is 0.501 e. The predicted molar refractivity (Wildman–Crippen MR) is 49.5 cm³/mol. The fourth-order valence-corrected chi connectivity index (χ4v) is 2.17. The minimum atomic E-state index is -5.52. The summed E-state index contributed by atoms with van der Waals surface area (Å²) in [6.45, 7) is 0. The van der Waals surface area contributed by atoms with Crippen LogP contribution in [0.1, 0.15) is 0 Å². The summed E-state index contributed by atoms with van der Waals surface area (Å²) in [5.74, 6) is 0. The lowest BCUT2D eigenvalue weighted by Crippen LogP contribution is -2.23. The summed E-state index contributed by atoms with van der Waals surface area (Å²) >= 11 is 0. The van der Waals surface area contributed by atoms with Gasteiger partial charge >= 0.3 is 5.51 Å². The Morgan fingerprint density at radius 1 is 0.882 bits per heavy atom. The van der Waals surface area contributed by atoms with Crippen LogP contribution in [0.2, 0.25) is 0 Å². The molecule has 0 aliphatic heterocycles. The highest BCUT2D eigenvalue weighted by Crippen LogP contribution is 2.30. The maximum Gasteiger partial charge on any atom is 0.501 e. The number of hydrogen-bond donors (Lipinski definition) is 1. The predicted octanol–water partition coefficient (Wildman–Crippen LogP) is 1.23. The van der Waals surface area contributed by atoms with Crippen molar-refractivity contribution in [2.24, 2.45) is 0 Å². The van der Waals surface area contributed by atoms with E-state index in [2.05, 4.69) is 0 Å². The Hall–Kier alpha value is -1.13. The number of halogens is 3. The van der Waals surface area contributed by atoms with Crippen molar-refractivity contribution in [3.63, 3.8) is 0 Å². The molecule has 96 valence electrons. The number of alkyl halides is 3. The highest BCUT2D eigenvalue weighted by atomic mass is 32.2. The van der Waals surface area contributed by atoms with Crippen molar-refractivity contribution in [2.75, 3.05) is 0 Å². The minimum absolute atomic E-state index is 0.450. The second-order valence-electron chi connectivity index (χ2n) is 2.90. The lowest BCUT2D eigenvalue weighted by Gasteiger charge is -2.07. The molecule has 0 atom stereocenters. The highest BCUT2D eigenvalue weighted by molar-refractivity contribution is 7.92. The zero-order valence-corrected chi connectivity index (χ0v) is 9.47. The fraction of sp³-hybridized carbons (Fsp3) is 0.143. The second-order valence-corrected chi connectivity index (χ2v) is 6.26. The fourth-order valence-electron chi connectivity index (χ4n) is 0.924. The van der Waals surface area contributed by atoms with Crippen molar-refractivity contribution < 1.29 is 34.6 Å². The van der Waals surface area contributed by atoms with Crippen LogP contribution in [0.4, 0.5) is 13.2 Å². The van der Waals surface area contributed by atoms with Gasteiger partial charge < -0.3 is 0 Å². The monoisotopic (exact) mass is 290 g/mol. The van der Waals surface area contributed by atoms with Crippen molar-refractivity contribution in [2.45, 2.75) is 15.3 Å². The average molecular weight is 290 g/mol. The molecule has 0 radical (unpaired) electrons. The van der Waals surface area contributed by atoms with E-state index >= 15 is 0 Å². The molecule has 1 aromatic carbocycles. The maximum absolute atomic E-state index is 12.1. The van der Waals surface area contributed by atoms with Gasteiger partial charge in [0.15, 0.2) is 0 Å².